The van der Waals surface area contributed by atoms with Crippen LogP contribution in [0, 0.1) is 22.0 Å². The van der Waals surface area contributed by atoms with Crippen LogP contribution in [0.5, 0.6) is 0 Å². The number of hydrogen-bond acceptors (Lipinski definition) is 4. The van der Waals surface area contributed by atoms with E-state index in [1.165, 1.54) is 6.07 Å². The van der Waals surface area contributed by atoms with E-state index in [4.69, 9.17) is 11.6 Å². The van der Waals surface area contributed by atoms with Crippen molar-refractivity contribution in [2.75, 3.05) is 5.88 Å². The summed E-state index contributed by atoms with van der Waals surface area (Å²) in [6.07, 6.45) is 0.559. The van der Waals surface area contributed by atoms with E-state index >= 15 is 0 Å². The number of carbonyl (C=O) groups is 1. The molecule has 0 atom stereocenters. The fourth-order valence-corrected chi connectivity index (χ4v) is 1.62. The quantitative estimate of drug-likeness (QED) is 0.256. The predicted molar refractivity (Wildman–Crippen MR) is 54.0 cm³/mol. The Morgan fingerprint density at radius 1 is 1.71 bits per heavy atom. The Balaban J connectivity index is 3.18. The van der Waals surface area contributed by atoms with Gasteiger partial charge in [0.2, 0.25) is 0 Å². The van der Waals surface area contributed by atoms with Crippen LogP contribution in [0.3, 0.4) is 0 Å². The highest BCUT2D eigenvalue weighted by molar-refractivity contribution is 7.17. The molecule has 1 rings (SSSR count). The van der Waals surface area contributed by atoms with E-state index in [0.717, 1.165) is 11.3 Å². The lowest BCUT2D eigenvalue weighted by atomic mass is 10.3. The van der Waals surface area contributed by atoms with Crippen molar-refractivity contribution >= 4 is 34.2 Å². The molecule has 0 radical (unpaired) electrons. The topological polar surface area (TPSA) is 60.2 Å². The number of nitrogens with zero attached hydrogens (tertiary/aromatic N) is 1. The van der Waals surface area contributed by atoms with Crippen molar-refractivity contribution in [3.63, 3.8) is 0 Å². The standard InChI is InChI=1S/C8H4ClNO3S/c9-3-1-2-6-4-7(5-11)14-8(6)10(12)13/h4-5H,3H2. The van der Waals surface area contributed by atoms with E-state index in [9.17, 15) is 14.9 Å². The minimum atomic E-state index is -0.560. The largest absolute Gasteiger partial charge is 0.340 e. The van der Waals surface area contributed by atoms with Gasteiger partial charge in [0.05, 0.1) is 15.7 Å². The summed E-state index contributed by atoms with van der Waals surface area (Å²) in [6, 6.07) is 1.38. The molecule has 0 unspecified atom stereocenters. The summed E-state index contributed by atoms with van der Waals surface area (Å²) in [5.74, 6) is 5.13. The van der Waals surface area contributed by atoms with Crippen LogP contribution in [-0.2, 0) is 0 Å². The average molecular weight is 230 g/mol. The van der Waals surface area contributed by atoms with Gasteiger partial charge in [-0.1, -0.05) is 23.2 Å². The van der Waals surface area contributed by atoms with E-state index in [1.54, 1.807) is 0 Å². The van der Waals surface area contributed by atoms with Gasteiger partial charge in [0.25, 0.3) is 0 Å². The molecule has 1 aromatic rings. The molecule has 0 aromatic carbocycles. The molecule has 0 spiro atoms. The molecule has 72 valence electrons. The number of halogens is 1. The monoisotopic (exact) mass is 229 g/mol. The van der Waals surface area contributed by atoms with Gasteiger partial charge in [0.1, 0.15) is 5.56 Å². The number of rotatable bonds is 2. The van der Waals surface area contributed by atoms with Crippen LogP contribution < -0.4 is 0 Å². The van der Waals surface area contributed by atoms with Crippen molar-refractivity contribution in [2.45, 2.75) is 0 Å². The van der Waals surface area contributed by atoms with Crippen LogP contribution >= 0.6 is 22.9 Å². The smallest absolute Gasteiger partial charge is 0.297 e. The molecule has 0 bridgehead atoms. The molecule has 0 aliphatic carbocycles. The van der Waals surface area contributed by atoms with E-state index in [2.05, 4.69) is 11.8 Å². The van der Waals surface area contributed by atoms with Gasteiger partial charge in [-0.15, -0.1) is 11.6 Å². The summed E-state index contributed by atoms with van der Waals surface area (Å²) < 4.78 is 0. The number of aldehydes is 1. The van der Waals surface area contributed by atoms with Gasteiger partial charge in [0.15, 0.2) is 6.29 Å². The van der Waals surface area contributed by atoms with Gasteiger partial charge >= 0.3 is 5.00 Å². The second-order valence-corrected chi connectivity index (χ2v) is 3.51. The van der Waals surface area contributed by atoms with Crippen LogP contribution in [0.4, 0.5) is 5.00 Å². The minimum Gasteiger partial charge on any atom is -0.297 e. The van der Waals surface area contributed by atoms with Gasteiger partial charge in [-0.05, 0) is 6.07 Å². The Hall–Kier alpha value is -1.38. The number of carbonyl (C=O) groups excluding carboxylic acids is 1. The highest BCUT2D eigenvalue weighted by atomic mass is 35.5. The van der Waals surface area contributed by atoms with Crippen LogP contribution in [0.2, 0.25) is 0 Å². The SMILES string of the molecule is O=Cc1cc(C#CCCl)c([N+](=O)[O-])s1. The number of nitro groups is 1. The number of hydrogen-bond donors (Lipinski definition) is 0. The number of alkyl halides is 1. The van der Waals surface area contributed by atoms with Crippen LogP contribution in [0.1, 0.15) is 15.2 Å². The fraction of sp³-hybridized carbons (Fsp3) is 0.125. The zero-order valence-corrected chi connectivity index (χ0v) is 8.39. The maximum atomic E-state index is 10.5. The Labute approximate surface area is 88.6 Å². The first kappa shape index (κ1) is 10.7. The molecule has 0 aliphatic heterocycles. The predicted octanol–water partition coefficient (Wildman–Crippen LogP) is 2.06. The maximum Gasteiger partial charge on any atom is 0.340 e. The third kappa shape index (κ3) is 2.31. The van der Waals surface area contributed by atoms with Crippen LogP contribution in [-0.4, -0.2) is 17.1 Å². The highest BCUT2D eigenvalue weighted by Gasteiger charge is 2.17. The average Bonchev–Trinajstić information content (AvgIpc) is 2.58. The third-order valence-electron chi connectivity index (χ3n) is 1.30. The van der Waals surface area contributed by atoms with Gasteiger partial charge in [-0.2, -0.15) is 0 Å². The van der Waals surface area contributed by atoms with Gasteiger partial charge in [0, 0.05) is 0 Å². The molecule has 0 saturated carbocycles. The van der Waals surface area contributed by atoms with Crippen molar-refractivity contribution in [3.05, 3.63) is 26.6 Å². The normalized spacial score (nSPS) is 8.93. The Kier molecular flexibility index (Phi) is 3.63. The fourth-order valence-electron chi connectivity index (χ4n) is 0.812. The molecule has 14 heavy (non-hydrogen) atoms. The van der Waals surface area contributed by atoms with E-state index in [-0.39, 0.29) is 21.3 Å². The third-order valence-corrected chi connectivity index (χ3v) is 2.45. The van der Waals surface area contributed by atoms with Gasteiger partial charge in [-0.25, -0.2) is 0 Å². The van der Waals surface area contributed by atoms with Crippen molar-refractivity contribution in [3.8, 4) is 11.8 Å². The van der Waals surface area contributed by atoms with Gasteiger partial charge in [-0.3, -0.25) is 14.9 Å². The summed E-state index contributed by atoms with van der Waals surface area (Å²) in [7, 11) is 0. The lowest BCUT2D eigenvalue weighted by Gasteiger charge is -1.83. The second-order valence-electron chi connectivity index (χ2n) is 2.18. The highest BCUT2D eigenvalue weighted by Crippen LogP contribution is 2.28. The molecule has 0 saturated heterocycles. The lowest BCUT2D eigenvalue weighted by Crippen LogP contribution is -1.85. The summed E-state index contributed by atoms with van der Waals surface area (Å²) in [5.41, 5.74) is 0.239. The van der Waals surface area contributed by atoms with Crippen molar-refractivity contribution in [2.24, 2.45) is 0 Å². The molecule has 0 fully saturated rings. The summed E-state index contributed by atoms with van der Waals surface area (Å²) in [6.45, 7) is 0. The zero-order chi connectivity index (χ0) is 10.6. The molecule has 4 nitrogen and oxygen atoms in total. The van der Waals surface area contributed by atoms with Crippen molar-refractivity contribution < 1.29 is 9.72 Å². The summed E-state index contributed by atoms with van der Waals surface area (Å²) in [4.78, 5) is 20.6. The number of thiophene rings is 1. The van der Waals surface area contributed by atoms with Crippen LogP contribution in [0.15, 0.2) is 6.07 Å². The molecular weight excluding hydrogens is 226 g/mol. The van der Waals surface area contributed by atoms with E-state index in [0.29, 0.717) is 6.29 Å². The lowest BCUT2D eigenvalue weighted by molar-refractivity contribution is -0.380. The Morgan fingerprint density at radius 3 is 2.93 bits per heavy atom. The molecule has 0 N–H and O–H groups in total. The first-order valence-corrected chi connectivity index (χ1v) is 4.82. The first-order valence-electron chi connectivity index (χ1n) is 3.47. The molecular formula is C8H4ClNO3S. The molecule has 1 aromatic heterocycles. The van der Waals surface area contributed by atoms with E-state index < -0.39 is 4.92 Å². The second kappa shape index (κ2) is 4.74. The molecule has 6 heteroatoms. The molecule has 1 heterocycles. The Bertz CT molecular complexity index is 430. The van der Waals surface area contributed by atoms with Crippen molar-refractivity contribution in [1.82, 2.24) is 0 Å². The van der Waals surface area contributed by atoms with Gasteiger partial charge < -0.3 is 0 Å². The van der Waals surface area contributed by atoms with Crippen molar-refractivity contribution in [1.29, 1.82) is 0 Å². The Morgan fingerprint density at radius 2 is 2.43 bits per heavy atom. The molecule has 0 amide bonds. The first-order chi connectivity index (χ1) is 6.69. The molecule has 0 aliphatic rings. The minimum absolute atomic E-state index is 0.101. The summed E-state index contributed by atoms with van der Waals surface area (Å²) in [5, 5.41) is 10.4. The maximum absolute atomic E-state index is 10.5. The summed E-state index contributed by atoms with van der Waals surface area (Å²) >= 11 is 6.12. The zero-order valence-electron chi connectivity index (χ0n) is 6.82. The van der Waals surface area contributed by atoms with E-state index in [1.807, 2.05) is 0 Å². The van der Waals surface area contributed by atoms with Crippen LogP contribution in [0.25, 0.3) is 0 Å².